The van der Waals surface area contributed by atoms with Gasteiger partial charge in [-0.1, -0.05) is 29.8 Å². The van der Waals surface area contributed by atoms with Gasteiger partial charge < -0.3 is 10.1 Å². The van der Waals surface area contributed by atoms with Crippen LogP contribution in [0.3, 0.4) is 0 Å². The highest BCUT2D eigenvalue weighted by atomic mass is 35.5. The minimum Gasteiger partial charge on any atom is -0.493 e. The Balaban J connectivity index is 1.70. The Hall–Kier alpha value is -1.74. The number of anilines is 1. The van der Waals surface area contributed by atoms with Gasteiger partial charge in [-0.3, -0.25) is 0 Å². The highest BCUT2D eigenvalue weighted by molar-refractivity contribution is 6.30. The smallest absolute Gasteiger partial charge is 0.126 e. The summed E-state index contributed by atoms with van der Waals surface area (Å²) in [7, 11) is 0. The van der Waals surface area contributed by atoms with Gasteiger partial charge in [0.2, 0.25) is 0 Å². The Morgan fingerprint density at radius 1 is 1.26 bits per heavy atom. The van der Waals surface area contributed by atoms with Gasteiger partial charge in [-0.15, -0.1) is 0 Å². The molecule has 1 N–H and O–H groups in total. The van der Waals surface area contributed by atoms with E-state index in [0.29, 0.717) is 23.9 Å². The van der Waals surface area contributed by atoms with E-state index in [1.165, 1.54) is 17.7 Å². The van der Waals surface area contributed by atoms with Crippen molar-refractivity contribution in [3.8, 4) is 5.75 Å². The number of hydrogen-bond acceptors (Lipinski definition) is 2. The summed E-state index contributed by atoms with van der Waals surface area (Å²) in [6.07, 6.45) is 0. The average Bonchev–Trinajstić information content (AvgIpc) is 2.78. The summed E-state index contributed by atoms with van der Waals surface area (Å²) >= 11 is 5.82. The fourth-order valence-electron chi connectivity index (χ4n) is 2.30. The molecule has 0 fully saturated rings. The molecule has 98 valence electrons. The predicted octanol–water partition coefficient (Wildman–Crippen LogP) is 4.07. The maximum atomic E-state index is 13.2. The third-order valence-corrected chi connectivity index (χ3v) is 3.43. The molecule has 0 saturated heterocycles. The molecule has 0 amide bonds. The summed E-state index contributed by atoms with van der Waals surface area (Å²) in [5, 5.41) is 3.60. The molecule has 0 spiro atoms. The zero-order valence-electron chi connectivity index (χ0n) is 10.2. The molecule has 1 aliphatic heterocycles. The van der Waals surface area contributed by atoms with Crippen molar-refractivity contribution in [1.29, 1.82) is 0 Å². The largest absolute Gasteiger partial charge is 0.493 e. The molecular formula is C15H13ClFNO. The fraction of sp³-hybridized carbons (Fsp3) is 0.200. The topological polar surface area (TPSA) is 21.3 Å². The van der Waals surface area contributed by atoms with Crippen molar-refractivity contribution >= 4 is 17.3 Å². The molecule has 0 aliphatic carbocycles. The third-order valence-electron chi connectivity index (χ3n) is 3.21. The van der Waals surface area contributed by atoms with Gasteiger partial charge in [0.15, 0.2) is 0 Å². The van der Waals surface area contributed by atoms with Crippen molar-refractivity contribution in [1.82, 2.24) is 0 Å². The van der Waals surface area contributed by atoms with E-state index in [2.05, 4.69) is 11.4 Å². The summed E-state index contributed by atoms with van der Waals surface area (Å²) in [6.45, 7) is 1.34. The first kappa shape index (κ1) is 12.3. The van der Waals surface area contributed by atoms with Crippen molar-refractivity contribution in [3.63, 3.8) is 0 Å². The zero-order chi connectivity index (χ0) is 13.2. The molecule has 2 aromatic rings. The summed E-state index contributed by atoms with van der Waals surface area (Å²) < 4.78 is 18.8. The van der Waals surface area contributed by atoms with E-state index in [0.717, 1.165) is 5.75 Å². The van der Waals surface area contributed by atoms with Gasteiger partial charge in [0.05, 0.1) is 6.61 Å². The number of hydrogen-bond donors (Lipinski definition) is 1. The van der Waals surface area contributed by atoms with Crippen LogP contribution in [0.5, 0.6) is 5.75 Å². The lowest BCUT2D eigenvalue weighted by Gasteiger charge is -2.12. The van der Waals surface area contributed by atoms with Gasteiger partial charge in [0.25, 0.3) is 0 Å². The van der Waals surface area contributed by atoms with E-state index in [-0.39, 0.29) is 11.7 Å². The summed E-state index contributed by atoms with van der Waals surface area (Å²) in [6, 6.07) is 12.4. The molecule has 0 bridgehead atoms. The lowest BCUT2D eigenvalue weighted by Crippen LogP contribution is -2.13. The molecule has 4 heteroatoms. The van der Waals surface area contributed by atoms with Crippen LogP contribution in [0.15, 0.2) is 42.5 Å². The highest BCUT2D eigenvalue weighted by Gasteiger charge is 2.23. The SMILES string of the molecule is Fc1cc(Cl)cc(NCC2COc3ccccc32)c1. The predicted molar refractivity (Wildman–Crippen MR) is 74.6 cm³/mol. The lowest BCUT2D eigenvalue weighted by atomic mass is 10.0. The number of para-hydroxylation sites is 1. The van der Waals surface area contributed by atoms with Crippen LogP contribution >= 0.6 is 11.6 Å². The van der Waals surface area contributed by atoms with Gasteiger partial charge in [0.1, 0.15) is 11.6 Å². The molecule has 1 heterocycles. The van der Waals surface area contributed by atoms with E-state index in [9.17, 15) is 4.39 Å². The van der Waals surface area contributed by atoms with Crippen molar-refractivity contribution in [2.45, 2.75) is 5.92 Å². The number of ether oxygens (including phenoxy) is 1. The van der Waals surface area contributed by atoms with Crippen LogP contribution in [0.1, 0.15) is 11.5 Å². The van der Waals surface area contributed by atoms with E-state index >= 15 is 0 Å². The van der Waals surface area contributed by atoms with E-state index in [4.69, 9.17) is 16.3 Å². The number of fused-ring (bicyclic) bond motifs is 1. The van der Waals surface area contributed by atoms with Crippen LogP contribution in [0.25, 0.3) is 0 Å². The maximum absolute atomic E-state index is 13.2. The minimum atomic E-state index is -0.335. The maximum Gasteiger partial charge on any atom is 0.126 e. The molecule has 0 saturated carbocycles. The van der Waals surface area contributed by atoms with Gasteiger partial charge in [-0.05, 0) is 24.3 Å². The number of rotatable bonds is 3. The first-order valence-electron chi connectivity index (χ1n) is 6.14. The van der Waals surface area contributed by atoms with Crippen molar-refractivity contribution in [2.75, 3.05) is 18.5 Å². The quantitative estimate of drug-likeness (QED) is 0.913. The first-order chi connectivity index (χ1) is 9.22. The second kappa shape index (κ2) is 5.10. The standard InChI is InChI=1S/C15H13ClFNO/c16-11-5-12(17)7-13(6-11)18-8-10-9-19-15-4-2-1-3-14(10)15/h1-7,10,18H,8-9H2. The molecule has 0 radical (unpaired) electrons. The first-order valence-corrected chi connectivity index (χ1v) is 6.52. The molecular weight excluding hydrogens is 265 g/mol. The molecule has 3 rings (SSSR count). The Morgan fingerprint density at radius 2 is 2.11 bits per heavy atom. The van der Waals surface area contributed by atoms with Crippen molar-refractivity contribution in [2.24, 2.45) is 0 Å². The van der Waals surface area contributed by atoms with Crippen LogP contribution in [0, 0.1) is 5.82 Å². The molecule has 1 atom stereocenters. The summed E-state index contributed by atoms with van der Waals surface area (Å²) in [5.74, 6) is 0.878. The Labute approximate surface area is 116 Å². The highest BCUT2D eigenvalue weighted by Crippen LogP contribution is 2.33. The van der Waals surface area contributed by atoms with Crippen LogP contribution < -0.4 is 10.1 Å². The van der Waals surface area contributed by atoms with Crippen molar-refractivity contribution in [3.05, 3.63) is 58.9 Å². The van der Waals surface area contributed by atoms with E-state index in [1.807, 2.05) is 18.2 Å². The molecule has 19 heavy (non-hydrogen) atoms. The minimum absolute atomic E-state index is 0.276. The monoisotopic (exact) mass is 277 g/mol. The van der Waals surface area contributed by atoms with Crippen LogP contribution in [0.4, 0.5) is 10.1 Å². The molecule has 0 aromatic heterocycles. The number of halogens is 2. The zero-order valence-corrected chi connectivity index (χ0v) is 11.0. The lowest BCUT2D eigenvalue weighted by molar-refractivity contribution is 0.334. The van der Waals surface area contributed by atoms with Gasteiger partial charge in [0, 0.05) is 28.7 Å². The van der Waals surface area contributed by atoms with Crippen LogP contribution in [-0.4, -0.2) is 13.2 Å². The van der Waals surface area contributed by atoms with Gasteiger partial charge in [-0.25, -0.2) is 4.39 Å². The molecule has 1 aliphatic rings. The fourth-order valence-corrected chi connectivity index (χ4v) is 2.52. The van der Waals surface area contributed by atoms with E-state index < -0.39 is 0 Å². The van der Waals surface area contributed by atoms with Crippen LogP contribution in [0.2, 0.25) is 5.02 Å². The average molecular weight is 278 g/mol. The van der Waals surface area contributed by atoms with Crippen molar-refractivity contribution < 1.29 is 9.13 Å². The van der Waals surface area contributed by atoms with Gasteiger partial charge >= 0.3 is 0 Å². The van der Waals surface area contributed by atoms with Gasteiger partial charge in [-0.2, -0.15) is 0 Å². The van der Waals surface area contributed by atoms with Crippen LogP contribution in [-0.2, 0) is 0 Å². The summed E-state index contributed by atoms with van der Waals surface area (Å²) in [4.78, 5) is 0. The normalized spacial score (nSPS) is 16.8. The number of benzene rings is 2. The number of nitrogens with one attached hydrogen (secondary N) is 1. The Kier molecular flexibility index (Phi) is 3.30. The molecule has 2 aromatic carbocycles. The third kappa shape index (κ3) is 2.66. The second-order valence-electron chi connectivity index (χ2n) is 4.58. The molecule has 2 nitrogen and oxygen atoms in total. The van der Waals surface area contributed by atoms with E-state index in [1.54, 1.807) is 6.07 Å². The Bertz CT molecular complexity index is 582. The Morgan fingerprint density at radius 3 is 2.95 bits per heavy atom. The molecule has 1 unspecified atom stereocenters. The second-order valence-corrected chi connectivity index (χ2v) is 5.02. The summed E-state index contributed by atoms with van der Waals surface area (Å²) in [5.41, 5.74) is 1.88.